The second-order valence-electron chi connectivity index (χ2n) is 7.55. The van der Waals surface area contributed by atoms with E-state index in [-0.39, 0.29) is 23.9 Å². The van der Waals surface area contributed by atoms with E-state index in [0.29, 0.717) is 24.8 Å². The van der Waals surface area contributed by atoms with Gasteiger partial charge in [0.15, 0.2) is 0 Å². The zero-order valence-electron chi connectivity index (χ0n) is 14.9. The van der Waals surface area contributed by atoms with Crippen molar-refractivity contribution in [3.05, 3.63) is 24.3 Å². The molecular formula is C19H24O6. The molecule has 0 N–H and O–H groups in total. The van der Waals surface area contributed by atoms with Crippen LogP contribution in [-0.4, -0.2) is 36.2 Å². The Hall–Kier alpha value is -2.11. The van der Waals surface area contributed by atoms with E-state index < -0.39 is 29.6 Å². The van der Waals surface area contributed by atoms with Gasteiger partial charge < -0.3 is 14.2 Å². The average molecular weight is 348 g/mol. The fraction of sp³-hybridized carbons (Fsp3) is 0.632. The summed E-state index contributed by atoms with van der Waals surface area (Å²) in [6, 6.07) is 0. The van der Waals surface area contributed by atoms with Crippen molar-refractivity contribution in [1.29, 1.82) is 0 Å². The number of fused-ring (bicyclic) bond motifs is 2. The van der Waals surface area contributed by atoms with Crippen LogP contribution in [0.4, 0.5) is 0 Å². The van der Waals surface area contributed by atoms with E-state index in [2.05, 4.69) is 13.2 Å². The molecule has 1 heterocycles. The molecule has 3 aliphatic rings. The summed E-state index contributed by atoms with van der Waals surface area (Å²) in [5, 5.41) is 0. The van der Waals surface area contributed by atoms with Crippen LogP contribution in [0.2, 0.25) is 0 Å². The van der Waals surface area contributed by atoms with Crippen LogP contribution >= 0.6 is 0 Å². The second-order valence-corrected chi connectivity index (χ2v) is 7.55. The number of carbonyl (C=O) groups excluding carboxylic acids is 3. The van der Waals surface area contributed by atoms with Crippen LogP contribution in [-0.2, 0) is 28.6 Å². The van der Waals surface area contributed by atoms with Gasteiger partial charge in [0.25, 0.3) is 0 Å². The molecule has 1 saturated heterocycles. The number of hydrogen-bond donors (Lipinski definition) is 0. The van der Waals surface area contributed by atoms with Gasteiger partial charge in [-0.2, -0.15) is 0 Å². The van der Waals surface area contributed by atoms with Crippen molar-refractivity contribution in [2.45, 2.75) is 58.3 Å². The van der Waals surface area contributed by atoms with Crippen molar-refractivity contribution in [3.8, 4) is 0 Å². The SMILES string of the molecule is C=C1C(=O)O[C@H]2C[C@]3(C)[C@@H](OC(C)=O)CCC(=C)[C@@H]3[C@@H](OC(C)=O)[C@H]12. The minimum atomic E-state index is -0.592. The predicted molar refractivity (Wildman–Crippen MR) is 88.2 cm³/mol. The Morgan fingerprint density at radius 1 is 1.20 bits per heavy atom. The highest BCUT2D eigenvalue weighted by Crippen LogP contribution is 2.58. The molecule has 0 amide bonds. The molecule has 0 aromatic carbocycles. The largest absolute Gasteiger partial charge is 0.462 e. The smallest absolute Gasteiger partial charge is 0.334 e. The van der Waals surface area contributed by atoms with E-state index in [1.165, 1.54) is 13.8 Å². The van der Waals surface area contributed by atoms with Gasteiger partial charge in [0.2, 0.25) is 0 Å². The van der Waals surface area contributed by atoms with E-state index in [1.807, 2.05) is 6.92 Å². The molecule has 25 heavy (non-hydrogen) atoms. The number of carbonyl (C=O) groups is 3. The lowest BCUT2D eigenvalue weighted by Crippen LogP contribution is -2.59. The van der Waals surface area contributed by atoms with Crippen LogP contribution in [0.5, 0.6) is 0 Å². The molecule has 3 rings (SSSR count). The molecule has 136 valence electrons. The monoisotopic (exact) mass is 348 g/mol. The standard InChI is InChI=1S/C19H24O6/c1-9-6-7-14(23-11(3)20)19(5)8-13-15(10(2)18(22)25-13)17(16(9)19)24-12(4)21/h13-17H,1-2,6-8H2,3-5H3/t13-,14-,15+,16+,17-,19+/m0/s1. The van der Waals surface area contributed by atoms with E-state index in [1.54, 1.807) is 0 Å². The summed E-state index contributed by atoms with van der Waals surface area (Å²) in [5.41, 5.74) is 0.760. The van der Waals surface area contributed by atoms with Crippen LogP contribution in [0.3, 0.4) is 0 Å². The van der Waals surface area contributed by atoms with Crippen molar-refractivity contribution in [3.63, 3.8) is 0 Å². The lowest BCUT2D eigenvalue weighted by molar-refractivity contribution is -0.190. The summed E-state index contributed by atoms with van der Waals surface area (Å²) < 4.78 is 16.7. The molecule has 2 aliphatic carbocycles. The Kier molecular flexibility index (Phi) is 4.25. The molecular weight excluding hydrogens is 324 g/mol. The maximum Gasteiger partial charge on any atom is 0.334 e. The number of esters is 3. The van der Waals surface area contributed by atoms with Gasteiger partial charge in [0, 0.05) is 30.8 Å². The van der Waals surface area contributed by atoms with Gasteiger partial charge in [0.1, 0.15) is 18.3 Å². The quantitative estimate of drug-likeness (QED) is 0.330. The average Bonchev–Trinajstić information content (AvgIpc) is 2.75. The topological polar surface area (TPSA) is 78.9 Å². The number of ether oxygens (including phenoxy) is 3. The molecule has 2 saturated carbocycles. The van der Waals surface area contributed by atoms with Gasteiger partial charge in [-0.3, -0.25) is 9.59 Å². The summed E-state index contributed by atoms with van der Waals surface area (Å²) in [4.78, 5) is 35.4. The minimum Gasteiger partial charge on any atom is -0.462 e. The van der Waals surface area contributed by atoms with Gasteiger partial charge in [-0.05, 0) is 19.3 Å². The number of hydrogen-bond acceptors (Lipinski definition) is 6. The molecule has 6 heteroatoms. The molecule has 0 aromatic rings. The maximum atomic E-state index is 12.1. The van der Waals surface area contributed by atoms with Gasteiger partial charge in [0.05, 0.1) is 5.92 Å². The van der Waals surface area contributed by atoms with Crippen molar-refractivity contribution in [2.75, 3.05) is 0 Å². The third-order valence-corrected chi connectivity index (χ3v) is 5.87. The Morgan fingerprint density at radius 3 is 2.44 bits per heavy atom. The third-order valence-electron chi connectivity index (χ3n) is 5.87. The van der Waals surface area contributed by atoms with Crippen molar-refractivity contribution in [1.82, 2.24) is 0 Å². The molecule has 3 fully saturated rings. The Balaban J connectivity index is 2.05. The molecule has 0 aromatic heterocycles. The van der Waals surface area contributed by atoms with Crippen molar-refractivity contribution >= 4 is 17.9 Å². The lowest BCUT2D eigenvalue weighted by atomic mass is 9.53. The first-order chi connectivity index (χ1) is 11.6. The molecule has 6 atom stereocenters. The van der Waals surface area contributed by atoms with Crippen molar-refractivity contribution in [2.24, 2.45) is 17.3 Å². The third kappa shape index (κ3) is 2.77. The van der Waals surface area contributed by atoms with Crippen LogP contribution in [0.25, 0.3) is 0 Å². The van der Waals surface area contributed by atoms with Crippen LogP contribution < -0.4 is 0 Å². The summed E-state index contributed by atoms with van der Waals surface area (Å²) in [6.45, 7) is 12.8. The molecule has 1 aliphatic heterocycles. The van der Waals surface area contributed by atoms with E-state index in [9.17, 15) is 14.4 Å². The van der Waals surface area contributed by atoms with E-state index in [4.69, 9.17) is 14.2 Å². The van der Waals surface area contributed by atoms with Crippen molar-refractivity contribution < 1.29 is 28.6 Å². The van der Waals surface area contributed by atoms with Gasteiger partial charge >= 0.3 is 17.9 Å². The summed E-state index contributed by atoms with van der Waals surface area (Å²) in [5.74, 6) is -1.84. The number of rotatable bonds is 2. The van der Waals surface area contributed by atoms with Gasteiger partial charge in [-0.15, -0.1) is 0 Å². The highest BCUT2D eigenvalue weighted by molar-refractivity contribution is 5.91. The normalized spacial score (nSPS) is 40.0. The molecule has 0 spiro atoms. The highest BCUT2D eigenvalue weighted by Gasteiger charge is 2.62. The predicted octanol–water partition coefficient (Wildman–Crippen LogP) is 2.32. The lowest BCUT2D eigenvalue weighted by Gasteiger charge is -2.55. The molecule has 6 nitrogen and oxygen atoms in total. The zero-order chi connectivity index (χ0) is 18.5. The van der Waals surface area contributed by atoms with Crippen LogP contribution in [0.1, 0.15) is 40.0 Å². The molecule has 0 unspecified atom stereocenters. The van der Waals surface area contributed by atoms with E-state index in [0.717, 1.165) is 5.57 Å². The molecule has 0 radical (unpaired) electrons. The fourth-order valence-corrected chi connectivity index (χ4v) is 4.93. The first kappa shape index (κ1) is 17.7. The molecule has 0 bridgehead atoms. The highest BCUT2D eigenvalue weighted by atomic mass is 16.6. The maximum absolute atomic E-state index is 12.1. The van der Waals surface area contributed by atoms with Gasteiger partial charge in [-0.1, -0.05) is 25.7 Å². The first-order valence-corrected chi connectivity index (χ1v) is 8.57. The zero-order valence-corrected chi connectivity index (χ0v) is 14.9. The minimum absolute atomic E-state index is 0.220. The summed E-state index contributed by atoms with van der Waals surface area (Å²) in [6.07, 6.45) is 0.480. The van der Waals surface area contributed by atoms with Crippen LogP contribution in [0, 0.1) is 17.3 Å². The first-order valence-electron chi connectivity index (χ1n) is 8.57. The Morgan fingerprint density at radius 2 is 1.84 bits per heavy atom. The fourth-order valence-electron chi connectivity index (χ4n) is 4.93. The van der Waals surface area contributed by atoms with E-state index >= 15 is 0 Å². The Bertz CT molecular complexity index is 665. The summed E-state index contributed by atoms with van der Waals surface area (Å²) >= 11 is 0. The van der Waals surface area contributed by atoms with Crippen LogP contribution in [0.15, 0.2) is 24.3 Å². The van der Waals surface area contributed by atoms with Gasteiger partial charge in [-0.25, -0.2) is 4.79 Å². The summed E-state index contributed by atoms with van der Waals surface area (Å²) in [7, 11) is 0. The Labute approximate surface area is 147 Å². The second kappa shape index (κ2) is 6.00.